The first-order valence-corrected chi connectivity index (χ1v) is 13.6. The molecule has 6 aromatic carbocycles. The van der Waals surface area contributed by atoms with Crippen LogP contribution in [0.15, 0.2) is 158 Å². The zero-order valence-electron chi connectivity index (χ0n) is 21.7. The molecular weight excluding hydrogens is 470 g/mol. The molecule has 0 aliphatic heterocycles. The summed E-state index contributed by atoms with van der Waals surface area (Å²) in [5.74, 6) is 0.320. The molecule has 0 aliphatic rings. The maximum atomic E-state index is 2.37. The molecular formula is C38H29N. The van der Waals surface area contributed by atoms with Crippen LogP contribution in [0.4, 0.5) is 0 Å². The summed E-state index contributed by atoms with van der Waals surface area (Å²) in [5, 5.41) is 2.58. The van der Waals surface area contributed by atoms with Crippen LogP contribution in [0.2, 0.25) is 0 Å². The third-order valence-electron chi connectivity index (χ3n) is 7.84. The van der Waals surface area contributed by atoms with Gasteiger partial charge in [-0.3, -0.25) is 0 Å². The minimum atomic E-state index is 0.320. The molecule has 0 amide bonds. The van der Waals surface area contributed by atoms with Crippen LogP contribution in [-0.2, 0) is 6.42 Å². The summed E-state index contributed by atoms with van der Waals surface area (Å²) >= 11 is 0. The number of hydrogen-bond acceptors (Lipinski definition) is 0. The van der Waals surface area contributed by atoms with Crippen molar-refractivity contribution in [1.29, 1.82) is 0 Å². The maximum Gasteiger partial charge on any atom is 0.0541 e. The van der Waals surface area contributed by atoms with Crippen molar-refractivity contribution in [2.45, 2.75) is 12.3 Å². The Hall–Kier alpha value is -4.88. The zero-order valence-corrected chi connectivity index (χ0v) is 21.7. The Morgan fingerprint density at radius 3 is 1.46 bits per heavy atom. The highest BCUT2D eigenvalue weighted by Gasteiger charge is 2.16. The van der Waals surface area contributed by atoms with Crippen LogP contribution >= 0.6 is 0 Å². The van der Waals surface area contributed by atoms with Gasteiger partial charge in [0.05, 0.1) is 11.0 Å². The summed E-state index contributed by atoms with van der Waals surface area (Å²) in [7, 11) is 0. The number of rotatable bonds is 6. The number of para-hydroxylation sites is 2. The van der Waals surface area contributed by atoms with Crippen molar-refractivity contribution < 1.29 is 0 Å². The smallest absolute Gasteiger partial charge is 0.0541 e. The summed E-state index contributed by atoms with van der Waals surface area (Å²) in [6, 6.07) is 57.1. The van der Waals surface area contributed by atoms with Crippen molar-refractivity contribution in [3.8, 4) is 16.8 Å². The van der Waals surface area contributed by atoms with Crippen molar-refractivity contribution in [1.82, 2.24) is 4.57 Å². The largest absolute Gasteiger partial charge is 0.309 e. The molecule has 1 aromatic heterocycles. The van der Waals surface area contributed by atoms with Gasteiger partial charge in [-0.2, -0.15) is 0 Å². The normalized spacial score (nSPS) is 12.1. The molecule has 0 aliphatic carbocycles. The average molecular weight is 500 g/mol. The maximum absolute atomic E-state index is 2.37. The van der Waals surface area contributed by atoms with Crippen molar-refractivity contribution in [3.05, 3.63) is 174 Å². The van der Waals surface area contributed by atoms with Gasteiger partial charge in [-0.05, 0) is 58.5 Å². The molecule has 7 rings (SSSR count). The molecule has 0 saturated heterocycles. The van der Waals surface area contributed by atoms with Crippen molar-refractivity contribution in [2.24, 2.45) is 0 Å². The van der Waals surface area contributed by atoms with E-state index < -0.39 is 0 Å². The third-order valence-corrected chi connectivity index (χ3v) is 7.84. The minimum absolute atomic E-state index is 0.320. The standard InChI is InChI=1S/C38H29N/c1-3-11-28(12-4-1)27-36(31-13-5-2-6-14-31)32-21-19-29(20-22-32)30-23-25-33(26-24-30)39-37-17-9-7-15-34(37)35-16-8-10-18-38(35)39/h1-26,36H,27H2. The molecule has 0 N–H and O–H groups in total. The molecule has 1 heteroatoms. The molecule has 186 valence electrons. The highest BCUT2D eigenvalue weighted by Crippen LogP contribution is 2.34. The number of hydrogen-bond donors (Lipinski definition) is 0. The molecule has 0 saturated carbocycles. The van der Waals surface area contributed by atoms with Crippen LogP contribution in [0.3, 0.4) is 0 Å². The molecule has 0 bridgehead atoms. The Morgan fingerprint density at radius 2 is 0.872 bits per heavy atom. The first-order chi connectivity index (χ1) is 19.3. The first kappa shape index (κ1) is 23.3. The summed E-state index contributed by atoms with van der Waals surface area (Å²) in [6.07, 6.45) is 0.984. The van der Waals surface area contributed by atoms with E-state index in [1.807, 2.05) is 0 Å². The second kappa shape index (κ2) is 10.1. The van der Waals surface area contributed by atoms with E-state index in [-0.39, 0.29) is 0 Å². The van der Waals surface area contributed by atoms with Crippen LogP contribution < -0.4 is 0 Å². The van der Waals surface area contributed by atoms with Gasteiger partial charge in [-0.25, -0.2) is 0 Å². The lowest BCUT2D eigenvalue weighted by atomic mass is 9.85. The van der Waals surface area contributed by atoms with Crippen LogP contribution in [0.1, 0.15) is 22.6 Å². The molecule has 7 aromatic rings. The van der Waals surface area contributed by atoms with Gasteiger partial charge in [-0.1, -0.05) is 133 Å². The summed E-state index contributed by atoms with van der Waals surface area (Å²) in [6.45, 7) is 0. The fraction of sp³-hybridized carbons (Fsp3) is 0.0526. The molecule has 0 spiro atoms. The minimum Gasteiger partial charge on any atom is -0.309 e. The van der Waals surface area contributed by atoms with Gasteiger partial charge in [0.15, 0.2) is 0 Å². The molecule has 1 nitrogen and oxygen atoms in total. The fourth-order valence-electron chi connectivity index (χ4n) is 5.87. The third kappa shape index (κ3) is 4.43. The molecule has 39 heavy (non-hydrogen) atoms. The van der Waals surface area contributed by atoms with Crippen LogP contribution in [-0.4, -0.2) is 4.57 Å². The Kier molecular flexibility index (Phi) is 6.03. The van der Waals surface area contributed by atoms with Crippen molar-refractivity contribution >= 4 is 21.8 Å². The van der Waals surface area contributed by atoms with Gasteiger partial charge in [0.2, 0.25) is 0 Å². The molecule has 1 heterocycles. The monoisotopic (exact) mass is 499 g/mol. The predicted molar refractivity (Wildman–Crippen MR) is 165 cm³/mol. The van der Waals surface area contributed by atoms with Crippen LogP contribution in [0.5, 0.6) is 0 Å². The average Bonchev–Trinajstić information content (AvgIpc) is 3.36. The fourth-order valence-corrected chi connectivity index (χ4v) is 5.87. The number of aromatic nitrogens is 1. The Morgan fingerprint density at radius 1 is 0.410 bits per heavy atom. The van der Waals surface area contributed by atoms with E-state index in [1.165, 1.54) is 55.3 Å². The van der Waals surface area contributed by atoms with E-state index in [4.69, 9.17) is 0 Å². The summed E-state index contributed by atoms with van der Waals surface area (Å²) in [5.41, 5.74) is 10.2. The lowest BCUT2D eigenvalue weighted by Crippen LogP contribution is -2.05. The van der Waals surface area contributed by atoms with Gasteiger partial charge in [0, 0.05) is 22.4 Å². The van der Waals surface area contributed by atoms with E-state index in [0.29, 0.717) is 5.92 Å². The van der Waals surface area contributed by atoms with E-state index in [2.05, 4.69) is 162 Å². The summed E-state index contributed by atoms with van der Waals surface area (Å²) in [4.78, 5) is 0. The highest BCUT2D eigenvalue weighted by atomic mass is 15.0. The van der Waals surface area contributed by atoms with E-state index >= 15 is 0 Å². The first-order valence-electron chi connectivity index (χ1n) is 13.6. The topological polar surface area (TPSA) is 4.93 Å². The Bertz CT molecular complexity index is 1790. The van der Waals surface area contributed by atoms with Gasteiger partial charge in [0.25, 0.3) is 0 Å². The Labute approximate surface area is 229 Å². The second-order valence-electron chi connectivity index (χ2n) is 10.2. The van der Waals surface area contributed by atoms with Crippen molar-refractivity contribution in [3.63, 3.8) is 0 Å². The number of fused-ring (bicyclic) bond motifs is 3. The second-order valence-corrected chi connectivity index (χ2v) is 10.2. The van der Waals surface area contributed by atoms with E-state index in [0.717, 1.165) is 6.42 Å². The van der Waals surface area contributed by atoms with E-state index in [9.17, 15) is 0 Å². The molecule has 0 radical (unpaired) electrons. The van der Waals surface area contributed by atoms with Gasteiger partial charge < -0.3 is 4.57 Å². The molecule has 0 fully saturated rings. The molecule has 1 atom stereocenters. The highest BCUT2D eigenvalue weighted by molar-refractivity contribution is 6.09. The molecule has 1 unspecified atom stereocenters. The SMILES string of the molecule is c1ccc(CC(c2ccccc2)c2ccc(-c3ccc(-n4c5ccccc5c5ccccc54)cc3)cc2)cc1. The lowest BCUT2D eigenvalue weighted by Gasteiger charge is -2.19. The van der Waals surface area contributed by atoms with Gasteiger partial charge in [0.1, 0.15) is 0 Å². The van der Waals surface area contributed by atoms with Gasteiger partial charge in [-0.15, -0.1) is 0 Å². The lowest BCUT2D eigenvalue weighted by molar-refractivity contribution is 0.805. The number of benzene rings is 6. The summed E-state index contributed by atoms with van der Waals surface area (Å²) < 4.78 is 2.37. The zero-order chi connectivity index (χ0) is 26.0. The van der Waals surface area contributed by atoms with Crippen LogP contribution in [0.25, 0.3) is 38.6 Å². The number of nitrogens with zero attached hydrogens (tertiary/aromatic N) is 1. The van der Waals surface area contributed by atoms with Gasteiger partial charge >= 0.3 is 0 Å². The van der Waals surface area contributed by atoms with Crippen molar-refractivity contribution in [2.75, 3.05) is 0 Å². The predicted octanol–water partition coefficient (Wildman–Crippen LogP) is 9.83. The quantitative estimate of drug-likeness (QED) is 0.215. The Balaban J connectivity index is 1.21. The van der Waals surface area contributed by atoms with Crippen LogP contribution in [0, 0.1) is 0 Å². The van der Waals surface area contributed by atoms with E-state index in [1.54, 1.807) is 0 Å².